The van der Waals surface area contributed by atoms with E-state index in [1.54, 1.807) is 0 Å². The quantitative estimate of drug-likeness (QED) is 0.391. The second-order valence-electron chi connectivity index (χ2n) is 14.5. The Morgan fingerprint density at radius 1 is 0.914 bits per heavy atom. The summed E-state index contributed by atoms with van der Waals surface area (Å²) in [5.74, 6) is 0.0887. The second-order valence-corrected chi connectivity index (χ2v) is 14.5. The SMILES string of the molecule is CC1(C)CC[C@]2(C#N)CC[C@]3(C)[C@H](C(=O)C=C4[C@@]5(C)C=C(C#N)C(=O)C(C)(C)[C@@H]5CC[C@]43C)[C@@H]2C1. The minimum absolute atomic E-state index is 0.0577. The van der Waals surface area contributed by atoms with Crippen LogP contribution >= 0.6 is 0 Å². The van der Waals surface area contributed by atoms with Crippen LogP contribution < -0.4 is 0 Å². The molecule has 0 saturated heterocycles. The van der Waals surface area contributed by atoms with Gasteiger partial charge in [-0.15, -0.1) is 0 Å². The van der Waals surface area contributed by atoms with Gasteiger partial charge in [-0.05, 0) is 79.1 Å². The van der Waals surface area contributed by atoms with Gasteiger partial charge in [0.2, 0.25) is 0 Å². The smallest absolute Gasteiger partial charge is 0.178 e. The molecule has 0 aromatic heterocycles. The highest BCUT2D eigenvalue weighted by atomic mass is 16.1. The predicted molar refractivity (Wildman–Crippen MR) is 135 cm³/mol. The molecule has 5 rings (SSSR count). The van der Waals surface area contributed by atoms with Gasteiger partial charge in [-0.1, -0.05) is 60.1 Å². The van der Waals surface area contributed by atoms with Crippen LogP contribution in [0.2, 0.25) is 0 Å². The van der Waals surface area contributed by atoms with Crippen molar-refractivity contribution in [3.05, 3.63) is 23.3 Å². The fraction of sp³-hybridized carbons (Fsp3) is 0.742. The number of fused-ring (bicyclic) bond motifs is 7. The standard InChI is InChI=1S/C31H40N2O2/c1-26(2)10-12-31(18-33)13-11-30(7)24(20(31)16-26)21(34)14-23-28(5)15-19(17-32)25(35)27(3,4)22(28)8-9-29(23,30)6/h14-15,20,22,24H,8-13,16H2,1-7H3/t20-,22-,24-,28-,29+,30+,31+/m0/s1. The highest BCUT2D eigenvalue weighted by Gasteiger charge is 2.69. The molecule has 3 saturated carbocycles. The number of Topliss-reactive ketones (excluding diaryl/α,β-unsaturated/α-hetero) is 1. The Labute approximate surface area is 210 Å². The molecule has 0 bridgehead atoms. The first-order chi connectivity index (χ1) is 16.1. The van der Waals surface area contributed by atoms with E-state index < -0.39 is 16.2 Å². The molecule has 3 fully saturated rings. The zero-order valence-electron chi connectivity index (χ0n) is 22.5. The van der Waals surface area contributed by atoms with Gasteiger partial charge in [0, 0.05) is 16.7 Å². The molecule has 186 valence electrons. The van der Waals surface area contributed by atoms with E-state index in [0.717, 1.165) is 50.5 Å². The molecule has 5 aliphatic rings. The molecule has 0 radical (unpaired) electrons. The Balaban J connectivity index is 1.70. The van der Waals surface area contributed by atoms with Crippen molar-refractivity contribution in [3.63, 3.8) is 0 Å². The summed E-state index contributed by atoms with van der Waals surface area (Å²) in [4.78, 5) is 27.4. The lowest BCUT2D eigenvalue weighted by molar-refractivity contribution is -0.162. The number of allylic oxidation sites excluding steroid dienone is 4. The highest BCUT2D eigenvalue weighted by molar-refractivity contribution is 6.04. The number of carbonyl (C=O) groups excluding carboxylic acids is 2. The van der Waals surface area contributed by atoms with Crippen LogP contribution in [0.3, 0.4) is 0 Å². The first kappa shape index (κ1) is 24.5. The summed E-state index contributed by atoms with van der Waals surface area (Å²) >= 11 is 0. The Bertz CT molecular complexity index is 1180. The van der Waals surface area contributed by atoms with Crippen LogP contribution in [0, 0.1) is 72.9 Å². The van der Waals surface area contributed by atoms with Gasteiger partial charge in [0.1, 0.15) is 6.07 Å². The van der Waals surface area contributed by atoms with Gasteiger partial charge in [0.15, 0.2) is 11.6 Å². The summed E-state index contributed by atoms with van der Waals surface area (Å²) in [6, 6.07) is 4.91. The van der Waals surface area contributed by atoms with Crippen molar-refractivity contribution in [2.45, 2.75) is 93.4 Å². The second kappa shape index (κ2) is 6.97. The third-order valence-corrected chi connectivity index (χ3v) is 12.1. The minimum Gasteiger partial charge on any atom is -0.295 e. The van der Waals surface area contributed by atoms with Gasteiger partial charge >= 0.3 is 0 Å². The summed E-state index contributed by atoms with van der Waals surface area (Å²) in [7, 11) is 0. The largest absolute Gasteiger partial charge is 0.295 e. The molecule has 0 N–H and O–H groups in total. The van der Waals surface area contributed by atoms with Crippen LogP contribution in [-0.4, -0.2) is 11.6 Å². The van der Waals surface area contributed by atoms with Crippen LogP contribution in [-0.2, 0) is 9.59 Å². The van der Waals surface area contributed by atoms with Crippen LogP contribution in [0.25, 0.3) is 0 Å². The lowest BCUT2D eigenvalue weighted by Crippen LogP contribution is -2.64. The van der Waals surface area contributed by atoms with E-state index >= 15 is 0 Å². The van der Waals surface area contributed by atoms with Crippen LogP contribution in [0.1, 0.15) is 93.4 Å². The van der Waals surface area contributed by atoms with Gasteiger partial charge in [-0.25, -0.2) is 0 Å². The van der Waals surface area contributed by atoms with Gasteiger partial charge in [-0.3, -0.25) is 9.59 Å². The molecular weight excluding hydrogens is 432 g/mol. The van der Waals surface area contributed by atoms with Crippen molar-refractivity contribution < 1.29 is 9.59 Å². The molecule has 0 heterocycles. The van der Waals surface area contributed by atoms with Gasteiger partial charge in [-0.2, -0.15) is 10.5 Å². The molecular formula is C31H40N2O2. The normalized spacial score (nSPS) is 47.5. The first-order valence-electron chi connectivity index (χ1n) is 13.5. The van der Waals surface area contributed by atoms with E-state index in [0.29, 0.717) is 0 Å². The van der Waals surface area contributed by atoms with Crippen molar-refractivity contribution >= 4 is 11.6 Å². The zero-order valence-corrected chi connectivity index (χ0v) is 22.5. The zero-order chi connectivity index (χ0) is 25.8. The molecule has 0 aromatic carbocycles. The molecule has 0 amide bonds. The lowest BCUT2D eigenvalue weighted by Gasteiger charge is -2.68. The Morgan fingerprint density at radius 3 is 2.20 bits per heavy atom. The minimum atomic E-state index is -0.645. The number of nitriles is 2. The van der Waals surface area contributed by atoms with E-state index in [1.807, 2.05) is 26.0 Å². The Kier molecular flexibility index (Phi) is 4.88. The molecule has 0 aliphatic heterocycles. The first-order valence-corrected chi connectivity index (χ1v) is 13.5. The molecule has 0 spiro atoms. The maximum Gasteiger partial charge on any atom is 0.178 e. The average molecular weight is 473 g/mol. The predicted octanol–water partition coefficient (Wildman–Crippen LogP) is 6.73. The summed E-state index contributed by atoms with van der Waals surface area (Å²) in [6.07, 6.45) is 10.2. The third-order valence-electron chi connectivity index (χ3n) is 12.1. The molecule has 7 atom stereocenters. The summed E-state index contributed by atoms with van der Waals surface area (Å²) in [6.45, 7) is 15.4. The maximum absolute atomic E-state index is 14.2. The van der Waals surface area contributed by atoms with Crippen LogP contribution in [0.15, 0.2) is 23.3 Å². The number of hydrogen-bond donors (Lipinski definition) is 0. The number of ketones is 2. The van der Waals surface area contributed by atoms with E-state index in [9.17, 15) is 20.1 Å². The third kappa shape index (κ3) is 2.84. The monoisotopic (exact) mass is 472 g/mol. The molecule has 4 nitrogen and oxygen atoms in total. The molecule has 0 unspecified atom stereocenters. The Morgan fingerprint density at radius 2 is 1.57 bits per heavy atom. The summed E-state index contributed by atoms with van der Waals surface area (Å²) in [5, 5.41) is 20.2. The average Bonchev–Trinajstić information content (AvgIpc) is 2.77. The fourth-order valence-electron chi connectivity index (χ4n) is 9.83. The van der Waals surface area contributed by atoms with E-state index in [2.05, 4.69) is 46.8 Å². The van der Waals surface area contributed by atoms with Crippen molar-refractivity contribution in [2.24, 2.45) is 50.2 Å². The van der Waals surface area contributed by atoms with Gasteiger partial charge in [0.25, 0.3) is 0 Å². The number of rotatable bonds is 0. The molecule has 5 aliphatic carbocycles. The van der Waals surface area contributed by atoms with E-state index in [1.165, 1.54) is 0 Å². The van der Waals surface area contributed by atoms with Crippen molar-refractivity contribution in [1.82, 2.24) is 0 Å². The van der Waals surface area contributed by atoms with Crippen molar-refractivity contribution in [3.8, 4) is 12.1 Å². The fourth-order valence-corrected chi connectivity index (χ4v) is 9.83. The van der Waals surface area contributed by atoms with E-state index in [-0.39, 0.29) is 51.1 Å². The number of hydrogen-bond acceptors (Lipinski definition) is 4. The van der Waals surface area contributed by atoms with Gasteiger partial charge < -0.3 is 0 Å². The highest BCUT2D eigenvalue weighted by Crippen LogP contribution is 2.74. The molecule has 35 heavy (non-hydrogen) atoms. The number of nitrogens with zero attached hydrogens (tertiary/aromatic N) is 2. The van der Waals surface area contributed by atoms with Gasteiger partial charge in [0.05, 0.1) is 17.1 Å². The summed E-state index contributed by atoms with van der Waals surface area (Å²) in [5.41, 5.74) is -0.512. The Hall–Kier alpha value is -2.20. The van der Waals surface area contributed by atoms with E-state index in [4.69, 9.17) is 0 Å². The van der Waals surface area contributed by atoms with Crippen molar-refractivity contribution in [2.75, 3.05) is 0 Å². The maximum atomic E-state index is 14.2. The molecule has 0 aromatic rings. The summed E-state index contributed by atoms with van der Waals surface area (Å²) < 4.78 is 0. The topological polar surface area (TPSA) is 81.7 Å². The van der Waals surface area contributed by atoms with Crippen LogP contribution in [0.5, 0.6) is 0 Å². The lowest BCUT2D eigenvalue weighted by atomic mass is 9.34. The van der Waals surface area contributed by atoms with Crippen LogP contribution in [0.4, 0.5) is 0 Å². The van der Waals surface area contributed by atoms with Crippen molar-refractivity contribution in [1.29, 1.82) is 10.5 Å². The number of carbonyl (C=O) groups is 2. The molecule has 4 heteroatoms.